The first-order valence-electron chi connectivity index (χ1n) is 5.35. The van der Waals surface area contributed by atoms with Crippen LogP contribution in [0.5, 0.6) is 0 Å². The van der Waals surface area contributed by atoms with E-state index in [4.69, 9.17) is 0 Å². The zero-order valence-electron chi connectivity index (χ0n) is 8.37. The molecule has 0 aromatic heterocycles. The molecular formula is C10H19NO2. The third kappa shape index (κ3) is 3.33. The topological polar surface area (TPSA) is 43.1 Å². The highest BCUT2D eigenvalue weighted by Crippen LogP contribution is 2.31. The molecule has 0 spiro atoms. The minimum Gasteiger partial charge on any atom is -0.265 e. The summed E-state index contributed by atoms with van der Waals surface area (Å²) in [7, 11) is 0. The predicted octanol–water partition coefficient (Wildman–Crippen LogP) is 2.87. The molecule has 1 saturated carbocycles. The van der Waals surface area contributed by atoms with Gasteiger partial charge in [0.15, 0.2) is 0 Å². The van der Waals surface area contributed by atoms with E-state index in [0.717, 1.165) is 6.42 Å². The van der Waals surface area contributed by atoms with Crippen LogP contribution in [-0.4, -0.2) is 11.5 Å². The van der Waals surface area contributed by atoms with E-state index in [0.29, 0.717) is 11.8 Å². The van der Waals surface area contributed by atoms with Crippen LogP contribution >= 0.6 is 0 Å². The minimum atomic E-state index is -0.150. The molecular weight excluding hydrogens is 166 g/mol. The van der Waals surface area contributed by atoms with Crippen molar-refractivity contribution in [3.05, 3.63) is 10.1 Å². The SMILES string of the molecule is CCC(C[N+](=O)[O-])C1CCCCC1. The second kappa shape index (κ2) is 5.20. The molecule has 0 N–H and O–H groups in total. The Kier molecular flexibility index (Phi) is 4.19. The second-order valence-electron chi connectivity index (χ2n) is 4.08. The Morgan fingerprint density at radius 1 is 1.38 bits per heavy atom. The molecule has 1 fully saturated rings. The Bertz CT molecular complexity index is 164. The first-order valence-corrected chi connectivity index (χ1v) is 5.35. The molecule has 1 atom stereocenters. The highest BCUT2D eigenvalue weighted by Gasteiger charge is 2.25. The van der Waals surface area contributed by atoms with Crippen LogP contribution in [0.2, 0.25) is 0 Å². The molecule has 3 heteroatoms. The first kappa shape index (κ1) is 10.5. The Morgan fingerprint density at radius 2 is 2.00 bits per heavy atom. The van der Waals surface area contributed by atoms with Gasteiger partial charge in [0, 0.05) is 10.8 Å². The minimum absolute atomic E-state index is 0.150. The highest BCUT2D eigenvalue weighted by atomic mass is 16.6. The van der Waals surface area contributed by atoms with Crippen LogP contribution in [-0.2, 0) is 0 Å². The molecule has 1 unspecified atom stereocenters. The van der Waals surface area contributed by atoms with Crippen LogP contribution < -0.4 is 0 Å². The van der Waals surface area contributed by atoms with Crippen LogP contribution in [0.3, 0.4) is 0 Å². The molecule has 0 bridgehead atoms. The van der Waals surface area contributed by atoms with Crippen LogP contribution in [0.1, 0.15) is 45.4 Å². The van der Waals surface area contributed by atoms with Gasteiger partial charge in [0.2, 0.25) is 6.54 Å². The summed E-state index contributed by atoms with van der Waals surface area (Å²) in [5.74, 6) is 0.958. The van der Waals surface area contributed by atoms with Crippen molar-refractivity contribution >= 4 is 0 Å². The van der Waals surface area contributed by atoms with Gasteiger partial charge in [-0.15, -0.1) is 0 Å². The molecule has 0 radical (unpaired) electrons. The lowest BCUT2D eigenvalue weighted by atomic mass is 9.79. The van der Waals surface area contributed by atoms with Crippen LogP contribution in [0.25, 0.3) is 0 Å². The van der Waals surface area contributed by atoms with E-state index in [1.165, 1.54) is 32.1 Å². The van der Waals surface area contributed by atoms with Gasteiger partial charge in [0.25, 0.3) is 0 Å². The van der Waals surface area contributed by atoms with Gasteiger partial charge >= 0.3 is 0 Å². The fourth-order valence-corrected chi connectivity index (χ4v) is 2.41. The first-order chi connectivity index (χ1) is 6.24. The van der Waals surface area contributed by atoms with Crippen molar-refractivity contribution in [2.24, 2.45) is 11.8 Å². The molecule has 0 aromatic carbocycles. The molecule has 0 saturated heterocycles. The molecule has 0 heterocycles. The Balaban J connectivity index is 2.39. The molecule has 0 aromatic rings. The highest BCUT2D eigenvalue weighted by molar-refractivity contribution is 4.72. The quantitative estimate of drug-likeness (QED) is 0.499. The predicted molar refractivity (Wildman–Crippen MR) is 52.2 cm³/mol. The normalized spacial score (nSPS) is 21.3. The summed E-state index contributed by atoms with van der Waals surface area (Å²) in [6.45, 7) is 2.25. The van der Waals surface area contributed by atoms with Gasteiger partial charge in [-0.05, 0) is 25.2 Å². The van der Waals surface area contributed by atoms with Crippen molar-refractivity contribution in [1.29, 1.82) is 0 Å². The maximum Gasteiger partial charge on any atom is 0.206 e. The molecule has 1 aliphatic carbocycles. The lowest BCUT2D eigenvalue weighted by molar-refractivity contribution is -0.490. The zero-order chi connectivity index (χ0) is 9.68. The lowest BCUT2D eigenvalue weighted by Crippen LogP contribution is -2.24. The smallest absolute Gasteiger partial charge is 0.206 e. The number of hydrogen-bond acceptors (Lipinski definition) is 2. The van der Waals surface area contributed by atoms with E-state index in [1.54, 1.807) is 0 Å². The number of rotatable bonds is 4. The third-order valence-electron chi connectivity index (χ3n) is 3.22. The van der Waals surface area contributed by atoms with E-state index in [9.17, 15) is 10.1 Å². The average Bonchev–Trinajstić information content (AvgIpc) is 2.15. The monoisotopic (exact) mass is 185 g/mol. The second-order valence-corrected chi connectivity index (χ2v) is 4.08. The van der Waals surface area contributed by atoms with Crippen LogP contribution in [0.15, 0.2) is 0 Å². The zero-order valence-corrected chi connectivity index (χ0v) is 8.37. The van der Waals surface area contributed by atoms with Gasteiger partial charge in [-0.1, -0.05) is 26.2 Å². The van der Waals surface area contributed by atoms with Gasteiger partial charge in [-0.25, -0.2) is 0 Å². The molecule has 1 rings (SSSR count). The Morgan fingerprint density at radius 3 is 2.46 bits per heavy atom. The van der Waals surface area contributed by atoms with Gasteiger partial charge in [-0.2, -0.15) is 0 Å². The van der Waals surface area contributed by atoms with E-state index < -0.39 is 0 Å². The fraction of sp³-hybridized carbons (Fsp3) is 1.00. The Hall–Kier alpha value is -0.600. The molecule has 1 aliphatic rings. The summed E-state index contributed by atoms with van der Waals surface area (Å²) < 4.78 is 0. The van der Waals surface area contributed by atoms with Crippen LogP contribution in [0, 0.1) is 22.0 Å². The largest absolute Gasteiger partial charge is 0.265 e. The standard InChI is InChI=1S/C10H19NO2/c1-2-9(8-11(12)13)10-6-4-3-5-7-10/h9-10H,2-8H2,1H3. The van der Waals surface area contributed by atoms with Crippen molar-refractivity contribution in [2.75, 3.05) is 6.54 Å². The maximum absolute atomic E-state index is 10.4. The van der Waals surface area contributed by atoms with Crippen molar-refractivity contribution in [1.82, 2.24) is 0 Å². The van der Waals surface area contributed by atoms with Crippen molar-refractivity contribution in [2.45, 2.75) is 45.4 Å². The maximum atomic E-state index is 10.4. The van der Waals surface area contributed by atoms with E-state index >= 15 is 0 Å². The van der Waals surface area contributed by atoms with Gasteiger partial charge in [-0.3, -0.25) is 10.1 Å². The number of nitro groups is 1. The molecule has 76 valence electrons. The van der Waals surface area contributed by atoms with Crippen molar-refractivity contribution < 1.29 is 4.92 Å². The molecule has 0 aliphatic heterocycles. The average molecular weight is 185 g/mol. The number of nitrogens with zero attached hydrogens (tertiary/aromatic N) is 1. The van der Waals surface area contributed by atoms with Crippen molar-refractivity contribution in [3.8, 4) is 0 Å². The molecule has 13 heavy (non-hydrogen) atoms. The Labute approximate surface area is 79.7 Å². The van der Waals surface area contributed by atoms with Gasteiger partial charge in [0.05, 0.1) is 0 Å². The summed E-state index contributed by atoms with van der Waals surface area (Å²) in [6, 6.07) is 0. The third-order valence-corrected chi connectivity index (χ3v) is 3.22. The summed E-state index contributed by atoms with van der Waals surface area (Å²) >= 11 is 0. The van der Waals surface area contributed by atoms with Gasteiger partial charge < -0.3 is 0 Å². The lowest BCUT2D eigenvalue weighted by Gasteiger charge is -2.26. The number of hydrogen-bond donors (Lipinski definition) is 0. The van der Waals surface area contributed by atoms with Gasteiger partial charge in [0.1, 0.15) is 0 Å². The summed E-state index contributed by atoms with van der Waals surface area (Å²) in [5.41, 5.74) is 0. The molecule has 3 nitrogen and oxygen atoms in total. The fourth-order valence-electron chi connectivity index (χ4n) is 2.41. The van der Waals surface area contributed by atoms with E-state index in [1.807, 2.05) is 0 Å². The van der Waals surface area contributed by atoms with E-state index in [2.05, 4.69) is 6.92 Å². The molecule has 0 amide bonds. The summed E-state index contributed by atoms with van der Waals surface area (Å²) in [4.78, 5) is 10.3. The summed E-state index contributed by atoms with van der Waals surface area (Å²) in [5, 5.41) is 10.4. The van der Waals surface area contributed by atoms with Crippen LogP contribution in [0.4, 0.5) is 0 Å². The van der Waals surface area contributed by atoms with E-state index in [-0.39, 0.29) is 11.5 Å². The van der Waals surface area contributed by atoms with Crippen molar-refractivity contribution in [3.63, 3.8) is 0 Å². The summed E-state index contributed by atoms with van der Waals surface area (Å²) in [6.07, 6.45) is 7.27.